The lowest BCUT2D eigenvalue weighted by atomic mass is 10.1. The lowest BCUT2D eigenvalue weighted by Gasteiger charge is -2.11. The molecule has 0 fully saturated rings. The largest absolute Gasteiger partial charge is 0.348 e. The fraction of sp³-hybridized carbons (Fsp3) is 0.125. The van der Waals surface area contributed by atoms with E-state index in [4.69, 9.17) is 23.2 Å². The maximum Gasteiger partial charge on any atom is 0.253 e. The van der Waals surface area contributed by atoms with E-state index in [1.165, 1.54) is 11.3 Å². The van der Waals surface area contributed by atoms with Crippen molar-refractivity contribution in [1.82, 2.24) is 14.9 Å². The first-order valence-corrected chi connectivity index (χ1v) is 8.46. The third-order valence-corrected chi connectivity index (χ3v) is 4.86. The number of benzene rings is 1. The normalized spacial score (nSPS) is 10.7. The van der Waals surface area contributed by atoms with Crippen LogP contribution in [-0.4, -0.2) is 15.5 Å². The second kappa shape index (κ2) is 7.17. The molecule has 3 rings (SSSR count). The summed E-state index contributed by atoms with van der Waals surface area (Å²) in [6.45, 7) is 1.13. The highest BCUT2D eigenvalue weighted by atomic mass is 35.5. The van der Waals surface area contributed by atoms with Gasteiger partial charge in [0, 0.05) is 25.5 Å². The number of imidazole rings is 1. The summed E-state index contributed by atoms with van der Waals surface area (Å²) < 4.78 is 2.88. The number of nitrogens with zero attached hydrogens (tertiary/aromatic N) is 2. The fourth-order valence-corrected chi connectivity index (χ4v) is 3.69. The summed E-state index contributed by atoms with van der Waals surface area (Å²) in [6.07, 6.45) is 5.41. The SMILES string of the molecule is O=C(NCc1ccccc1Cn1ccnc1)c1cc(Cl)sc1Cl. The summed E-state index contributed by atoms with van der Waals surface area (Å²) in [5.74, 6) is -0.226. The van der Waals surface area contributed by atoms with E-state index in [2.05, 4.69) is 10.3 Å². The van der Waals surface area contributed by atoms with E-state index in [1.807, 2.05) is 35.0 Å². The van der Waals surface area contributed by atoms with Gasteiger partial charge in [-0.05, 0) is 17.2 Å². The van der Waals surface area contributed by atoms with Crippen molar-refractivity contribution in [2.24, 2.45) is 0 Å². The molecule has 2 heterocycles. The lowest BCUT2D eigenvalue weighted by molar-refractivity contribution is 0.0951. The van der Waals surface area contributed by atoms with Gasteiger partial charge in [0.15, 0.2) is 0 Å². The number of rotatable bonds is 5. The minimum atomic E-state index is -0.226. The standard InChI is InChI=1S/C16H13Cl2N3OS/c17-14-7-13(15(18)23-14)16(22)20-8-11-3-1-2-4-12(11)9-21-6-5-19-10-21/h1-7,10H,8-9H2,(H,20,22). The van der Waals surface area contributed by atoms with E-state index in [0.717, 1.165) is 11.1 Å². The Hall–Kier alpha value is -1.82. The van der Waals surface area contributed by atoms with Gasteiger partial charge in [-0.15, -0.1) is 11.3 Å². The average Bonchev–Trinajstić information content (AvgIpc) is 3.15. The number of thiophene rings is 1. The third-order valence-electron chi connectivity index (χ3n) is 3.37. The smallest absolute Gasteiger partial charge is 0.253 e. The molecule has 0 saturated carbocycles. The van der Waals surface area contributed by atoms with Gasteiger partial charge in [0.2, 0.25) is 0 Å². The van der Waals surface area contributed by atoms with Crippen LogP contribution >= 0.6 is 34.5 Å². The summed E-state index contributed by atoms with van der Waals surface area (Å²) in [5.41, 5.74) is 2.58. The fourth-order valence-electron chi connectivity index (χ4n) is 2.23. The molecule has 7 heteroatoms. The van der Waals surface area contributed by atoms with Crippen molar-refractivity contribution in [2.75, 3.05) is 0 Å². The summed E-state index contributed by atoms with van der Waals surface area (Å²) in [7, 11) is 0. The minimum Gasteiger partial charge on any atom is -0.348 e. The van der Waals surface area contributed by atoms with E-state index in [1.54, 1.807) is 18.6 Å². The van der Waals surface area contributed by atoms with Gasteiger partial charge >= 0.3 is 0 Å². The average molecular weight is 366 g/mol. The van der Waals surface area contributed by atoms with Gasteiger partial charge < -0.3 is 9.88 Å². The molecule has 1 N–H and O–H groups in total. The van der Waals surface area contributed by atoms with Crippen LogP contribution in [0.1, 0.15) is 21.5 Å². The van der Waals surface area contributed by atoms with Crippen molar-refractivity contribution in [2.45, 2.75) is 13.1 Å². The first kappa shape index (κ1) is 16.1. The number of aromatic nitrogens is 2. The maximum atomic E-state index is 12.2. The molecule has 0 aliphatic rings. The monoisotopic (exact) mass is 365 g/mol. The summed E-state index contributed by atoms with van der Waals surface area (Å²) in [5, 5.41) is 2.89. The first-order chi connectivity index (χ1) is 11.1. The summed E-state index contributed by atoms with van der Waals surface area (Å²) in [6, 6.07) is 9.55. The van der Waals surface area contributed by atoms with Crippen LogP contribution in [0.25, 0.3) is 0 Å². The van der Waals surface area contributed by atoms with Gasteiger partial charge in [-0.3, -0.25) is 4.79 Å². The van der Waals surface area contributed by atoms with E-state index in [-0.39, 0.29) is 5.91 Å². The van der Waals surface area contributed by atoms with Gasteiger partial charge in [0.1, 0.15) is 4.34 Å². The second-order valence-electron chi connectivity index (χ2n) is 4.92. The molecule has 118 valence electrons. The Balaban J connectivity index is 1.71. The molecule has 1 aromatic carbocycles. The Morgan fingerprint density at radius 3 is 2.70 bits per heavy atom. The van der Waals surface area contributed by atoms with Crippen molar-refractivity contribution in [3.63, 3.8) is 0 Å². The third kappa shape index (κ3) is 3.93. The molecule has 0 unspecified atom stereocenters. The van der Waals surface area contributed by atoms with Crippen LogP contribution in [0.5, 0.6) is 0 Å². The molecule has 0 radical (unpaired) electrons. The van der Waals surface area contributed by atoms with Crippen LogP contribution in [-0.2, 0) is 13.1 Å². The Morgan fingerprint density at radius 1 is 1.26 bits per heavy atom. The quantitative estimate of drug-likeness (QED) is 0.735. The zero-order chi connectivity index (χ0) is 16.2. The molecule has 0 aliphatic heterocycles. The van der Waals surface area contributed by atoms with Gasteiger partial charge in [-0.2, -0.15) is 0 Å². The molecular formula is C16H13Cl2N3OS. The Kier molecular flexibility index (Phi) is 5.00. The van der Waals surface area contributed by atoms with E-state index in [0.29, 0.717) is 27.3 Å². The zero-order valence-electron chi connectivity index (χ0n) is 12.0. The number of carbonyl (C=O) groups is 1. The topological polar surface area (TPSA) is 46.9 Å². The molecule has 0 saturated heterocycles. The Bertz CT molecular complexity index is 815. The van der Waals surface area contributed by atoms with Crippen molar-refractivity contribution >= 4 is 40.4 Å². The Morgan fingerprint density at radius 2 is 2.04 bits per heavy atom. The molecule has 4 nitrogen and oxygen atoms in total. The van der Waals surface area contributed by atoms with E-state index < -0.39 is 0 Å². The van der Waals surface area contributed by atoms with E-state index >= 15 is 0 Å². The molecule has 23 heavy (non-hydrogen) atoms. The molecule has 0 atom stereocenters. The number of carbonyl (C=O) groups excluding carboxylic acids is 1. The molecular weight excluding hydrogens is 353 g/mol. The Labute approximate surface area is 147 Å². The van der Waals surface area contributed by atoms with E-state index in [9.17, 15) is 4.79 Å². The zero-order valence-corrected chi connectivity index (χ0v) is 14.3. The van der Waals surface area contributed by atoms with Crippen LogP contribution in [0.3, 0.4) is 0 Å². The predicted octanol–water partition coefficient (Wildman–Crippen LogP) is 4.23. The highest BCUT2D eigenvalue weighted by molar-refractivity contribution is 7.20. The number of halogens is 2. The molecule has 0 spiro atoms. The van der Waals surface area contributed by atoms with Crippen LogP contribution in [0.4, 0.5) is 0 Å². The van der Waals surface area contributed by atoms with Crippen molar-refractivity contribution < 1.29 is 4.79 Å². The number of nitrogens with one attached hydrogen (secondary N) is 1. The lowest BCUT2D eigenvalue weighted by Crippen LogP contribution is -2.23. The first-order valence-electron chi connectivity index (χ1n) is 6.89. The van der Waals surface area contributed by atoms with Gasteiger partial charge in [-0.25, -0.2) is 4.98 Å². The maximum absolute atomic E-state index is 12.2. The highest BCUT2D eigenvalue weighted by Gasteiger charge is 2.14. The number of hydrogen-bond donors (Lipinski definition) is 1. The highest BCUT2D eigenvalue weighted by Crippen LogP contribution is 2.31. The molecule has 1 amide bonds. The number of amides is 1. The second-order valence-corrected chi connectivity index (χ2v) is 7.21. The summed E-state index contributed by atoms with van der Waals surface area (Å²) >= 11 is 13.1. The van der Waals surface area contributed by atoms with Gasteiger partial charge in [0.05, 0.1) is 16.2 Å². The number of hydrogen-bond acceptors (Lipinski definition) is 3. The van der Waals surface area contributed by atoms with Crippen molar-refractivity contribution in [1.29, 1.82) is 0 Å². The van der Waals surface area contributed by atoms with Crippen molar-refractivity contribution in [3.05, 3.63) is 74.4 Å². The molecule has 0 bridgehead atoms. The van der Waals surface area contributed by atoms with Crippen LogP contribution in [0, 0.1) is 0 Å². The van der Waals surface area contributed by atoms with Crippen LogP contribution in [0.15, 0.2) is 49.1 Å². The van der Waals surface area contributed by atoms with Crippen LogP contribution < -0.4 is 5.32 Å². The molecule has 0 aliphatic carbocycles. The summed E-state index contributed by atoms with van der Waals surface area (Å²) in [4.78, 5) is 16.3. The minimum absolute atomic E-state index is 0.226. The predicted molar refractivity (Wildman–Crippen MR) is 93.3 cm³/mol. The van der Waals surface area contributed by atoms with Gasteiger partial charge in [-0.1, -0.05) is 47.5 Å². The van der Waals surface area contributed by atoms with Gasteiger partial charge in [0.25, 0.3) is 5.91 Å². The van der Waals surface area contributed by atoms with Crippen LogP contribution in [0.2, 0.25) is 8.67 Å². The molecule has 2 aromatic heterocycles. The van der Waals surface area contributed by atoms with Crippen molar-refractivity contribution in [3.8, 4) is 0 Å². The molecule has 3 aromatic rings.